The van der Waals surface area contributed by atoms with E-state index in [-0.39, 0.29) is 24.3 Å². The van der Waals surface area contributed by atoms with Crippen molar-refractivity contribution in [2.45, 2.75) is 25.8 Å². The van der Waals surface area contributed by atoms with Crippen LogP contribution in [0, 0.1) is 5.92 Å². The van der Waals surface area contributed by atoms with Crippen molar-refractivity contribution in [3.8, 4) is 0 Å². The molecule has 1 aromatic heterocycles. The molecule has 142 valence electrons. The molecule has 8 heteroatoms. The van der Waals surface area contributed by atoms with Gasteiger partial charge in [-0.2, -0.15) is 0 Å². The molecule has 0 radical (unpaired) electrons. The first-order chi connectivity index (χ1) is 13.0. The van der Waals surface area contributed by atoms with Crippen molar-refractivity contribution in [1.29, 1.82) is 0 Å². The minimum absolute atomic E-state index is 0.0537. The number of likely N-dealkylation sites (tertiary alicyclic amines) is 1. The molecule has 8 nitrogen and oxygen atoms in total. The summed E-state index contributed by atoms with van der Waals surface area (Å²) >= 11 is 0. The van der Waals surface area contributed by atoms with Crippen LogP contribution in [0.5, 0.6) is 0 Å². The number of carbonyl (C=O) groups excluding carboxylic acids is 2. The zero-order valence-electron chi connectivity index (χ0n) is 14.9. The van der Waals surface area contributed by atoms with E-state index in [4.69, 9.17) is 0 Å². The van der Waals surface area contributed by atoms with Crippen molar-refractivity contribution in [1.82, 2.24) is 20.2 Å². The van der Waals surface area contributed by atoms with E-state index in [1.165, 1.54) is 6.20 Å². The SMILES string of the molecule is O=C(NCc1c[nH]c(=O)[nH]c1=O)C1CCN(C(=O)Cc2ccccc2)CC1. The molecule has 27 heavy (non-hydrogen) atoms. The third-order valence-electron chi connectivity index (χ3n) is 4.77. The van der Waals surface area contributed by atoms with Crippen LogP contribution in [0.15, 0.2) is 46.1 Å². The van der Waals surface area contributed by atoms with E-state index in [0.717, 1.165) is 5.56 Å². The van der Waals surface area contributed by atoms with Gasteiger partial charge in [-0.25, -0.2) is 4.79 Å². The molecular weight excluding hydrogens is 348 g/mol. The normalized spacial score (nSPS) is 14.7. The largest absolute Gasteiger partial charge is 0.352 e. The highest BCUT2D eigenvalue weighted by Gasteiger charge is 2.27. The zero-order chi connectivity index (χ0) is 19.2. The second-order valence-electron chi connectivity index (χ2n) is 6.63. The second-order valence-corrected chi connectivity index (χ2v) is 6.63. The van der Waals surface area contributed by atoms with Crippen molar-refractivity contribution in [3.63, 3.8) is 0 Å². The summed E-state index contributed by atoms with van der Waals surface area (Å²) in [5, 5.41) is 2.73. The predicted molar refractivity (Wildman–Crippen MR) is 99.0 cm³/mol. The number of aromatic amines is 2. The van der Waals surface area contributed by atoms with Crippen LogP contribution in [0.2, 0.25) is 0 Å². The van der Waals surface area contributed by atoms with E-state index in [2.05, 4.69) is 15.3 Å². The lowest BCUT2D eigenvalue weighted by atomic mass is 9.95. The fourth-order valence-corrected chi connectivity index (χ4v) is 3.17. The van der Waals surface area contributed by atoms with E-state index in [9.17, 15) is 19.2 Å². The summed E-state index contributed by atoms with van der Waals surface area (Å²) in [5.74, 6) is -0.261. The van der Waals surface area contributed by atoms with Crippen molar-refractivity contribution in [2.75, 3.05) is 13.1 Å². The van der Waals surface area contributed by atoms with E-state index >= 15 is 0 Å². The van der Waals surface area contributed by atoms with Gasteiger partial charge in [0.05, 0.1) is 12.0 Å². The Kier molecular flexibility index (Phi) is 5.85. The molecule has 0 saturated carbocycles. The first-order valence-electron chi connectivity index (χ1n) is 8.93. The van der Waals surface area contributed by atoms with Crippen molar-refractivity contribution in [2.24, 2.45) is 5.92 Å². The van der Waals surface area contributed by atoms with Gasteiger partial charge < -0.3 is 15.2 Å². The van der Waals surface area contributed by atoms with Crippen molar-refractivity contribution in [3.05, 3.63) is 68.5 Å². The standard InChI is InChI=1S/C19H22N4O4/c24-16(10-13-4-2-1-3-5-13)23-8-6-14(7-9-23)17(25)20-11-15-12-21-19(27)22-18(15)26/h1-5,12,14H,6-11H2,(H,20,25)(H2,21,22,26,27). The average molecular weight is 370 g/mol. The van der Waals surface area contributed by atoms with Gasteiger partial charge in [-0.1, -0.05) is 30.3 Å². The zero-order valence-corrected chi connectivity index (χ0v) is 14.9. The molecule has 0 bridgehead atoms. The first kappa shape index (κ1) is 18.6. The number of aromatic nitrogens is 2. The molecule has 0 spiro atoms. The number of hydrogen-bond acceptors (Lipinski definition) is 4. The van der Waals surface area contributed by atoms with Crippen LogP contribution in [0.3, 0.4) is 0 Å². The minimum Gasteiger partial charge on any atom is -0.352 e. The average Bonchev–Trinajstić information content (AvgIpc) is 2.68. The van der Waals surface area contributed by atoms with E-state index < -0.39 is 11.2 Å². The Balaban J connectivity index is 1.47. The van der Waals surface area contributed by atoms with Gasteiger partial charge in [0, 0.05) is 31.7 Å². The molecule has 1 aromatic carbocycles. The molecule has 3 rings (SSSR count). The van der Waals surface area contributed by atoms with Gasteiger partial charge in [0.25, 0.3) is 5.56 Å². The molecule has 0 unspecified atom stereocenters. The minimum atomic E-state index is -0.581. The lowest BCUT2D eigenvalue weighted by Gasteiger charge is -2.31. The summed E-state index contributed by atoms with van der Waals surface area (Å²) in [6, 6.07) is 9.59. The van der Waals surface area contributed by atoms with E-state index in [0.29, 0.717) is 37.9 Å². The summed E-state index contributed by atoms with van der Waals surface area (Å²) < 4.78 is 0. The van der Waals surface area contributed by atoms with Crippen molar-refractivity contribution >= 4 is 11.8 Å². The molecule has 1 fully saturated rings. The van der Waals surface area contributed by atoms with Gasteiger partial charge in [-0.3, -0.25) is 19.4 Å². The van der Waals surface area contributed by atoms with Crippen LogP contribution in [-0.2, 0) is 22.6 Å². The molecule has 1 aliphatic heterocycles. The Labute approximate surface area is 155 Å². The van der Waals surface area contributed by atoms with Crippen LogP contribution in [0.4, 0.5) is 0 Å². The maximum absolute atomic E-state index is 12.4. The number of hydrogen-bond donors (Lipinski definition) is 3. The Morgan fingerprint density at radius 2 is 1.81 bits per heavy atom. The van der Waals surface area contributed by atoms with Crippen LogP contribution in [-0.4, -0.2) is 39.8 Å². The molecule has 0 aliphatic carbocycles. The molecule has 3 N–H and O–H groups in total. The van der Waals surface area contributed by atoms with Gasteiger partial charge >= 0.3 is 5.69 Å². The summed E-state index contributed by atoms with van der Waals surface area (Å²) in [7, 11) is 0. The maximum atomic E-state index is 12.4. The third kappa shape index (κ3) is 4.93. The fourth-order valence-electron chi connectivity index (χ4n) is 3.17. The maximum Gasteiger partial charge on any atom is 0.325 e. The lowest BCUT2D eigenvalue weighted by Crippen LogP contribution is -2.43. The van der Waals surface area contributed by atoms with Gasteiger partial charge in [0.15, 0.2) is 0 Å². The van der Waals surface area contributed by atoms with Gasteiger partial charge in [0.1, 0.15) is 0 Å². The van der Waals surface area contributed by atoms with Crippen LogP contribution in [0.1, 0.15) is 24.0 Å². The lowest BCUT2D eigenvalue weighted by molar-refractivity contribution is -0.135. The van der Waals surface area contributed by atoms with E-state index in [1.807, 2.05) is 30.3 Å². The second kappa shape index (κ2) is 8.48. The first-order valence-corrected chi connectivity index (χ1v) is 8.93. The quantitative estimate of drug-likeness (QED) is 0.695. The van der Waals surface area contributed by atoms with Crippen LogP contribution < -0.4 is 16.6 Å². The summed E-state index contributed by atoms with van der Waals surface area (Å²) in [5.41, 5.74) is 0.176. The predicted octanol–water partition coefficient (Wildman–Crippen LogP) is 0.161. The third-order valence-corrected chi connectivity index (χ3v) is 4.77. The molecule has 0 atom stereocenters. The Bertz CT molecular complexity index is 911. The Morgan fingerprint density at radius 3 is 2.48 bits per heavy atom. The monoisotopic (exact) mass is 370 g/mol. The number of carbonyl (C=O) groups is 2. The summed E-state index contributed by atoms with van der Waals surface area (Å²) in [6.45, 7) is 1.14. The van der Waals surface area contributed by atoms with Gasteiger partial charge in [-0.15, -0.1) is 0 Å². The fraction of sp³-hybridized carbons (Fsp3) is 0.368. The van der Waals surface area contributed by atoms with Gasteiger partial charge in [-0.05, 0) is 18.4 Å². The molecule has 1 aliphatic rings. The highest BCUT2D eigenvalue weighted by Crippen LogP contribution is 2.18. The number of nitrogens with one attached hydrogen (secondary N) is 3. The van der Waals surface area contributed by atoms with E-state index in [1.54, 1.807) is 4.90 Å². The van der Waals surface area contributed by atoms with Crippen molar-refractivity contribution < 1.29 is 9.59 Å². The molecule has 2 amide bonds. The smallest absolute Gasteiger partial charge is 0.325 e. The van der Waals surface area contributed by atoms with Crippen LogP contribution >= 0.6 is 0 Å². The Hall–Kier alpha value is -3.16. The highest BCUT2D eigenvalue weighted by atomic mass is 16.2. The molecule has 1 saturated heterocycles. The number of benzene rings is 1. The summed E-state index contributed by atoms with van der Waals surface area (Å²) in [4.78, 5) is 53.6. The molecular formula is C19H22N4O4. The number of amides is 2. The number of piperidine rings is 1. The number of H-pyrrole nitrogens is 2. The molecule has 2 aromatic rings. The molecule has 2 heterocycles. The number of rotatable bonds is 5. The van der Waals surface area contributed by atoms with Crippen LogP contribution in [0.25, 0.3) is 0 Å². The highest BCUT2D eigenvalue weighted by molar-refractivity contribution is 5.81. The Morgan fingerprint density at radius 1 is 1.11 bits per heavy atom. The van der Waals surface area contributed by atoms with Gasteiger partial charge in [0.2, 0.25) is 11.8 Å². The summed E-state index contributed by atoms with van der Waals surface area (Å²) in [6.07, 6.45) is 2.85. The topological polar surface area (TPSA) is 115 Å². The number of nitrogens with zero attached hydrogens (tertiary/aromatic N) is 1.